The molecule has 6 nitrogen and oxygen atoms in total. The number of imide groups is 1. The molecule has 3 aliphatic rings. The highest BCUT2D eigenvalue weighted by atomic mass is 19.1. The molecule has 3 N–H and O–H groups in total. The first-order valence-electron chi connectivity index (χ1n) is 9.80. The van der Waals surface area contributed by atoms with E-state index in [1.165, 1.54) is 23.1 Å². The molecule has 3 amide bonds. The molecule has 7 heteroatoms. The van der Waals surface area contributed by atoms with E-state index < -0.39 is 23.2 Å². The Morgan fingerprint density at radius 1 is 1.10 bits per heavy atom. The minimum absolute atomic E-state index is 0.241. The Hall–Kier alpha value is -3.06. The third-order valence-corrected chi connectivity index (χ3v) is 6.54. The molecule has 148 valence electrons. The number of carbonyl (C=O) groups excluding carboxylic acids is 3. The minimum atomic E-state index is -1.30. The van der Waals surface area contributed by atoms with Crippen molar-refractivity contribution in [3.05, 3.63) is 65.5 Å². The summed E-state index contributed by atoms with van der Waals surface area (Å²) in [4.78, 5) is 40.8. The smallest absolute Gasteiger partial charge is 0.291 e. The number of halogens is 1. The molecule has 0 aliphatic carbocycles. The van der Waals surface area contributed by atoms with Crippen LogP contribution in [0.3, 0.4) is 0 Å². The van der Waals surface area contributed by atoms with E-state index in [-0.39, 0.29) is 30.3 Å². The fraction of sp³-hybridized carbons (Fsp3) is 0.318. The Kier molecular flexibility index (Phi) is 3.86. The summed E-state index contributed by atoms with van der Waals surface area (Å²) in [5, 5.41) is 4.55. The lowest BCUT2D eigenvalue weighted by atomic mass is 9.76. The van der Waals surface area contributed by atoms with Crippen LogP contribution in [0.25, 0.3) is 0 Å². The van der Waals surface area contributed by atoms with Crippen LogP contribution < -0.4 is 10.6 Å². The van der Waals surface area contributed by atoms with E-state index >= 15 is 0 Å². The van der Waals surface area contributed by atoms with Crippen molar-refractivity contribution in [3.63, 3.8) is 0 Å². The number of nitrogens with zero attached hydrogens (tertiary/aromatic N) is 1. The summed E-state index contributed by atoms with van der Waals surface area (Å²) in [7, 11) is 0. The normalized spacial score (nSPS) is 30.1. The van der Waals surface area contributed by atoms with E-state index in [1.54, 1.807) is 5.32 Å². The van der Waals surface area contributed by atoms with Gasteiger partial charge < -0.3 is 10.6 Å². The molecule has 0 aromatic heterocycles. The third-order valence-electron chi connectivity index (χ3n) is 6.54. The highest BCUT2D eigenvalue weighted by Gasteiger charge is 2.73. The molecule has 29 heavy (non-hydrogen) atoms. The van der Waals surface area contributed by atoms with Crippen LogP contribution in [-0.4, -0.2) is 35.2 Å². The molecule has 2 aromatic rings. The lowest BCUT2D eigenvalue weighted by Crippen LogP contribution is -2.98. The number of amides is 3. The van der Waals surface area contributed by atoms with Gasteiger partial charge in [-0.2, -0.15) is 0 Å². The van der Waals surface area contributed by atoms with Crippen LogP contribution in [0.2, 0.25) is 0 Å². The largest absolute Gasteiger partial charge is 0.326 e. The highest BCUT2D eigenvalue weighted by Crippen LogP contribution is 2.48. The van der Waals surface area contributed by atoms with Crippen molar-refractivity contribution in [2.75, 3.05) is 11.9 Å². The zero-order valence-corrected chi connectivity index (χ0v) is 15.9. The van der Waals surface area contributed by atoms with Crippen LogP contribution >= 0.6 is 0 Å². The number of quaternary nitrogens is 1. The zero-order valence-electron chi connectivity index (χ0n) is 15.9. The molecule has 3 aliphatic heterocycles. The molecule has 0 unspecified atom stereocenters. The van der Waals surface area contributed by atoms with Gasteiger partial charge in [0.05, 0.1) is 11.7 Å². The molecular weight excluding hydrogens is 373 g/mol. The average molecular weight is 394 g/mol. The van der Waals surface area contributed by atoms with Crippen LogP contribution in [0.4, 0.5) is 10.1 Å². The van der Waals surface area contributed by atoms with E-state index in [1.807, 2.05) is 37.3 Å². The molecule has 0 saturated carbocycles. The Bertz CT molecular complexity index is 1040. The van der Waals surface area contributed by atoms with Gasteiger partial charge in [-0.05, 0) is 37.1 Å². The summed E-state index contributed by atoms with van der Waals surface area (Å²) >= 11 is 0. The number of fused-ring (bicyclic) bond motifs is 4. The van der Waals surface area contributed by atoms with Gasteiger partial charge in [-0.3, -0.25) is 19.3 Å². The van der Waals surface area contributed by atoms with Gasteiger partial charge in [0, 0.05) is 12.1 Å². The fourth-order valence-corrected chi connectivity index (χ4v) is 5.28. The molecule has 2 aromatic carbocycles. The molecular formula is C22H21FN3O3+. The quantitative estimate of drug-likeness (QED) is 0.755. The van der Waals surface area contributed by atoms with Gasteiger partial charge in [0.1, 0.15) is 17.7 Å². The maximum atomic E-state index is 14.0. The number of hydrogen-bond acceptors (Lipinski definition) is 3. The van der Waals surface area contributed by atoms with Crippen LogP contribution in [-0.2, 0) is 26.3 Å². The number of anilines is 1. The van der Waals surface area contributed by atoms with Crippen molar-refractivity contribution in [1.29, 1.82) is 0 Å². The van der Waals surface area contributed by atoms with Crippen molar-refractivity contribution in [1.82, 2.24) is 4.90 Å². The summed E-state index contributed by atoms with van der Waals surface area (Å²) in [6.45, 7) is 2.12. The zero-order chi connectivity index (χ0) is 20.3. The first-order chi connectivity index (χ1) is 13.9. The van der Waals surface area contributed by atoms with E-state index in [2.05, 4.69) is 5.32 Å². The summed E-state index contributed by atoms with van der Waals surface area (Å²) in [5.74, 6) is -2.84. The van der Waals surface area contributed by atoms with Gasteiger partial charge in [0.15, 0.2) is 0 Å². The predicted molar refractivity (Wildman–Crippen MR) is 102 cm³/mol. The number of likely N-dealkylation sites (tertiary alicyclic amines) is 1. The van der Waals surface area contributed by atoms with E-state index in [0.29, 0.717) is 17.7 Å². The number of nitrogens with two attached hydrogens (primary N) is 1. The molecule has 3 heterocycles. The second kappa shape index (κ2) is 6.22. The first-order valence-corrected chi connectivity index (χ1v) is 9.80. The van der Waals surface area contributed by atoms with Crippen LogP contribution in [0.1, 0.15) is 18.1 Å². The molecule has 5 rings (SSSR count). The summed E-state index contributed by atoms with van der Waals surface area (Å²) in [6.07, 6.45) is 0.556. The molecule has 0 bridgehead atoms. The predicted octanol–water partition coefficient (Wildman–Crippen LogP) is 0.782. The Balaban J connectivity index is 1.52. The third kappa shape index (κ3) is 2.40. The lowest BCUT2D eigenvalue weighted by molar-refractivity contribution is -0.730. The topological polar surface area (TPSA) is 83.1 Å². The molecule has 2 fully saturated rings. The summed E-state index contributed by atoms with van der Waals surface area (Å²) in [5.41, 5.74) is 0.692. The maximum absolute atomic E-state index is 14.0. The van der Waals surface area contributed by atoms with Crippen molar-refractivity contribution in [3.8, 4) is 0 Å². The van der Waals surface area contributed by atoms with E-state index in [4.69, 9.17) is 0 Å². The van der Waals surface area contributed by atoms with Crippen LogP contribution in [0.5, 0.6) is 0 Å². The van der Waals surface area contributed by atoms with Crippen molar-refractivity contribution in [2.24, 2.45) is 11.8 Å². The van der Waals surface area contributed by atoms with Crippen molar-refractivity contribution < 1.29 is 24.1 Å². The average Bonchev–Trinajstić information content (AvgIpc) is 3.26. The second-order valence-corrected chi connectivity index (χ2v) is 8.11. The Morgan fingerprint density at radius 3 is 2.62 bits per heavy atom. The van der Waals surface area contributed by atoms with Gasteiger partial charge in [0.25, 0.3) is 5.91 Å². The molecule has 0 radical (unpaired) electrons. The lowest BCUT2D eigenvalue weighted by Gasteiger charge is -2.25. The van der Waals surface area contributed by atoms with Gasteiger partial charge in [0.2, 0.25) is 17.4 Å². The van der Waals surface area contributed by atoms with Gasteiger partial charge >= 0.3 is 0 Å². The van der Waals surface area contributed by atoms with E-state index in [9.17, 15) is 18.8 Å². The summed E-state index contributed by atoms with van der Waals surface area (Å²) < 4.78 is 14.0. The van der Waals surface area contributed by atoms with Crippen LogP contribution in [0, 0.1) is 17.7 Å². The second-order valence-electron chi connectivity index (χ2n) is 8.11. The SMILES string of the molecule is C[C@H]1[NH2+][C@]2(C(=O)Nc3ccc(F)cc32)[C@@H]2C(=O)N(CCc3ccccc3)C(=O)[C@@H]21. The van der Waals surface area contributed by atoms with Gasteiger partial charge in [-0.1, -0.05) is 30.3 Å². The Morgan fingerprint density at radius 2 is 1.86 bits per heavy atom. The summed E-state index contributed by atoms with van der Waals surface area (Å²) in [6, 6.07) is 13.5. The fourth-order valence-electron chi connectivity index (χ4n) is 5.28. The standard InChI is InChI=1S/C22H20FN3O3/c1-12-17-18(20(28)26(19(17)27)10-9-13-5-3-2-4-6-13)22(25-12)15-11-14(23)7-8-16(15)24-21(22)29/h2-8,11-12,17-18,25H,9-10H2,1H3,(H,24,29)/p+1/t12-,17-,18+,22+/m1/s1. The number of rotatable bonds is 3. The van der Waals surface area contributed by atoms with Crippen molar-refractivity contribution in [2.45, 2.75) is 24.9 Å². The number of nitrogens with one attached hydrogen (secondary N) is 1. The highest BCUT2D eigenvalue weighted by molar-refractivity contribution is 6.13. The molecule has 1 spiro atoms. The van der Waals surface area contributed by atoms with Crippen LogP contribution in [0.15, 0.2) is 48.5 Å². The first kappa shape index (κ1) is 18.0. The molecule has 4 atom stereocenters. The maximum Gasteiger partial charge on any atom is 0.291 e. The number of carbonyl (C=O) groups is 3. The minimum Gasteiger partial charge on any atom is -0.326 e. The van der Waals surface area contributed by atoms with E-state index in [0.717, 1.165) is 5.56 Å². The van der Waals surface area contributed by atoms with Crippen molar-refractivity contribution >= 4 is 23.4 Å². The number of hydrogen-bond donors (Lipinski definition) is 2. The van der Waals surface area contributed by atoms with Gasteiger partial charge in [-0.15, -0.1) is 0 Å². The van der Waals surface area contributed by atoms with Gasteiger partial charge in [-0.25, -0.2) is 4.39 Å². The molecule has 2 saturated heterocycles. The number of benzene rings is 2. The monoisotopic (exact) mass is 394 g/mol. The Labute approximate surface area is 167 Å².